The van der Waals surface area contributed by atoms with Crippen LogP contribution in [0.5, 0.6) is 0 Å². The summed E-state index contributed by atoms with van der Waals surface area (Å²) in [6.07, 6.45) is 5.51. The van der Waals surface area contributed by atoms with Gasteiger partial charge in [0.05, 0.1) is 5.41 Å². The normalized spacial score (nSPS) is 33.3. The lowest BCUT2D eigenvalue weighted by molar-refractivity contribution is -0.135. The molecular formula is C12H23NO. The van der Waals surface area contributed by atoms with Crippen LogP contribution in [0.4, 0.5) is 0 Å². The van der Waals surface area contributed by atoms with Crippen LogP contribution in [-0.2, 0) is 4.79 Å². The zero-order valence-corrected chi connectivity index (χ0v) is 9.68. The summed E-state index contributed by atoms with van der Waals surface area (Å²) in [6, 6.07) is 0. The number of carbonyl (C=O) groups is 1. The van der Waals surface area contributed by atoms with E-state index in [0.29, 0.717) is 11.8 Å². The SMILES string of the molecule is CCC1(C(N)=O)CCCCC1C(C)C. The van der Waals surface area contributed by atoms with Gasteiger partial charge in [-0.15, -0.1) is 0 Å². The third-order valence-corrected chi connectivity index (χ3v) is 4.02. The molecule has 2 heteroatoms. The molecule has 1 amide bonds. The fraction of sp³-hybridized carbons (Fsp3) is 0.917. The smallest absolute Gasteiger partial charge is 0.223 e. The maximum Gasteiger partial charge on any atom is 0.223 e. The molecule has 14 heavy (non-hydrogen) atoms. The molecule has 0 aromatic heterocycles. The van der Waals surface area contributed by atoms with E-state index in [1.54, 1.807) is 0 Å². The Kier molecular flexibility index (Phi) is 3.57. The van der Waals surface area contributed by atoms with Crippen molar-refractivity contribution in [2.45, 2.75) is 52.9 Å². The summed E-state index contributed by atoms with van der Waals surface area (Å²) < 4.78 is 0. The average Bonchev–Trinajstić information content (AvgIpc) is 2.17. The molecule has 1 aliphatic rings. The maximum absolute atomic E-state index is 11.6. The third-order valence-electron chi connectivity index (χ3n) is 4.02. The van der Waals surface area contributed by atoms with Crippen molar-refractivity contribution in [2.24, 2.45) is 23.0 Å². The number of rotatable bonds is 3. The summed E-state index contributed by atoms with van der Waals surface area (Å²) in [5, 5.41) is 0. The van der Waals surface area contributed by atoms with E-state index in [4.69, 9.17) is 5.73 Å². The number of hydrogen-bond acceptors (Lipinski definition) is 1. The monoisotopic (exact) mass is 197 g/mol. The van der Waals surface area contributed by atoms with Crippen molar-refractivity contribution >= 4 is 5.91 Å². The Labute approximate surface area is 87.2 Å². The minimum absolute atomic E-state index is 0.0709. The highest BCUT2D eigenvalue weighted by Crippen LogP contribution is 2.47. The predicted octanol–water partition coefficient (Wildman–Crippen LogP) is 2.71. The second kappa shape index (κ2) is 4.33. The lowest BCUT2D eigenvalue weighted by atomic mass is 9.60. The molecule has 2 unspecified atom stereocenters. The number of primary amides is 1. The molecule has 0 spiro atoms. The fourth-order valence-corrected chi connectivity index (χ4v) is 3.16. The van der Waals surface area contributed by atoms with Gasteiger partial charge >= 0.3 is 0 Å². The number of hydrogen-bond donors (Lipinski definition) is 1. The second-order valence-electron chi connectivity index (χ2n) is 4.97. The largest absolute Gasteiger partial charge is 0.369 e. The molecule has 1 fully saturated rings. The molecule has 0 radical (unpaired) electrons. The molecule has 1 rings (SSSR count). The zero-order chi connectivity index (χ0) is 10.8. The highest BCUT2D eigenvalue weighted by molar-refractivity contribution is 5.81. The molecule has 0 bridgehead atoms. The summed E-state index contributed by atoms with van der Waals surface area (Å²) in [7, 11) is 0. The van der Waals surface area contributed by atoms with Crippen molar-refractivity contribution in [3.8, 4) is 0 Å². The van der Waals surface area contributed by atoms with Crippen LogP contribution >= 0.6 is 0 Å². The van der Waals surface area contributed by atoms with Gasteiger partial charge in [0.1, 0.15) is 0 Å². The van der Waals surface area contributed by atoms with Crippen molar-refractivity contribution in [3.05, 3.63) is 0 Å². The molecule has 2 nitrogen and oxygen atoms in total. The molecule has 0 aromatic carbocycles. The van der Waals surface area contributed by atoms with Crippen LogP contribution in [0.3, 0.4) is 0 Å². The van der Waals surface area contributed by atoms with Crippen LogP contribution < -0.4 is 5.73 Å². The Morgan fingerprint density at radius 3 is 2.50 bits per heavy atom. The van der Waals surface area contributed by atoms with Gasteiger partial charge in [-0.05, 0) is 31.1 Å². The summed E-state index contributed by atoms with van der Waals surface area (Å²) in [4.78, 5) is 11.6. The minimum atomic E-state index is -0.202. The molecule has 2 N–H and O–H groups in total. The summed E-state index contributed by atoms with van der Waals surface area (Å²) in [6.45, 7) is 6.53. The van der Waals surface area contributed by atoms with E-state index in [-0.39, 0.29) is 11.3 Å². The summed E-state index contributed by atoms with van der Waals surface area (Å²) >= 11 is 0. The van der Waals surface area contributed by atoms with Gasteiger partial charge in [-0.1, -0.05) is 33.6 Å². The molecular weight excluding hydrogens is 174 g/mol. The molecule has 0 aromatic rings. The van der Waals surface area contributed by atoms with E-state index in [2.05, 4.69) is 20.8 Å². The van der Waals surface area contributed by atoms with Crippen molar-refractivity contribution in [1.29, 1.82) is 0 Å². The Morgan fingerprint density at radius 1 is 1.50 bits per heavy atom. The first kappa shape index (κ1) is 11.5. The standard InChI is InChI=1S/C12H23NO/c1-4-12(11(13)14)8-6-5-7-10(12)9(2)3/h9-10H,4-8H2,1-3H3,(H2,13,14). The van der Waals surface area contributed by atoms with Crippen LogP contribution in [0.1, 0.15) is 52.9 Å². The Balaban J connectivity index is 2.93. The van der Waals surface area contributed by atoms with Crippen molar-refractivity contribution in [2.75, 3.05) is 0 Å². The van der Waals surface area contributed by atoms with Crippen molar-refractivity contribution < 1.29 is 4.79 Å². The molecule has 82 valence electrons. The van der Waals surface area contributed by atoms with Crippen molar-refractivity contribution in [1.82, 2.24) is 0 Å². The molecule has 0 saturated heterocycles. The van der Waals surface area contributed by atoms with Gasteiger partial charge in [-0.3, -0.25) is 4.79 Å². The zero-order valence-electron chi connectivity index (χ0n) is 9.68. The number of nitrogens with two attached hydrogens (primary N) is 1. The molecule has 0 heterocycles. The van der Waals surface area contributed by atoms with Crippen LogP contribution in [-0.4, -0.2) is 5.91 Å². The van der Waals surface area contributed by atoms with Gasteiger partial charge in [0.2, 0.25) is 5.91 Å². The maximum atomic E-state index is 11.6. The topological polar surface area (TPSA) is 43.1 Å². The quantitative estimate of drug-likeness (QED) is 0.742. The number of amides is 1. The summed E-state index contributed by atoms with van der Waals surface area (Å²) in [5.41, 5.74) is 5.40. The van der Waals surface area contributed by atoms with E-state index in [9.17, 15) is 4.79 Å². The Hall–Kier alpha value is -0.530. The lowest BCUT2D eigenvalue weighted by Crippen LogP contribution is -2.46. The van der Waals surface area contributed by atoms with Gasteiger partial charge in [0.25, 0.3) is 0 Å². The third kappa shape index (κ3) is 1.79. The average molecular weight is 197 g/mol. The van der Waals surface area contributed by atoms with E-state index >= 15 is 0 Å². The van der Waals surface area contributed by atoms with Gasteiger partial charge in [-0.25, -0.2) is 0 Å². The first-order valence-corrected chi connectivity index (χ1v) is 5.84. The van der Waals surface area contributed by atoms with Gasteiger partial charge < -0.3 is 5.73 Å². The fourth-order valence-electron chi connectivity index (χ4n) is 3.16. The van der Waals surface area contributed by atoms with Crippen LogP contribution in [0.2, 0.25) is 0 Å². The molecule has 1 aliphatic carbocycles. The van der Waals surface area contributed by atoms with E-state index < -0.39 is 0 Å². The van der Waals surface area contributed by atoms with E-state index in [1.807, 2.05) is 0 Å². The van der Waals surface area contributed by atoms with Crippen LogP contribution in [0.25, 0.3) is 0 Å². The summed E-state index contributed by atoms with van der Waals surface area (Å²) in [5.74, 6) is 1.000. The molecule has 0 aliphatic heterocycles. The minimum Gasteiger partial charge on any atom is -0.369 e. The van der Waals surface area contributed by atoms with E-state index in [1.165, 1.54) is 19.3 Å². The van der Waals surface area contributed by atoms with Crippen LogP contribution in [0, 0.1) is 17.3 Å². The second-order valence-corrected chi connectivity index (χ2v) is 4.97. The highest BCUT2D eigenvalue weighted by atomic mass is 16.1. The lowest BCUT2D eigenvalue weighted by Gasteiger charge is -2.43. The first-order chi connectivity index (χ1) is 6.54. The van der Waals surface area contributed by atoms with Gasteiger partial charge in [0.15, 0.2) is 0 Å². The van der Waals surface area contributed by atoms with Crippen LogP contribution in [0.15, 0.2) is 0 Å². The predicted molar refractivity (Wildman–Crippen MR) is 58.7 cm³/mol. The first-order valence-electron chi connectivity index (χ1n) is 5.84. The molecule has 1 saturated carbocycles. The van der Waals surface area contributed by atoms with E-state index in [0.717, 1.165) is 12.8 Å². The highest BCUT2D eigenvalue weighted by Gasteiger charge is 2.45. The number of carbonyl (C=O) groups excluding carboxylic acids is 1. The molecule has 2 atom stereocenters. The van der Waals surface area contributed by atoms with Crippen molar-refractivity contribution in [3.63, 3.8) is 0 Å². The Bertz CT molecular complexity index is 212. The Morgan fingerprint density at radius 2 is 2.14 bits per heavy atom. The van der Waals surface area contributed by atoms with Gasteiger partial charge in [-0.2, -0.15) is 0 Å². The van der Waals surface area contributed by atoms with Gasteiger partial charge in [0, 0.05) is 0 Å².